The van der Waals surface area contributed by atoms with Crippen molar-refractivity contribution < 1.29 is 29.0 Å². The van der Waals surface area contributed by atoms with Crippen molar-refractivity contribution in [2.45, 2.75) is 6.42 Å². The molecule has 8 rings (SSSR count). The van der Waals surface area contributed by atoms with E-state index in [1.54, 1.807) is 48.5 Å². The lowest BCUT2D eigenvalue weighted by Gasteiger charge is -2.10. The Balaban J connectivity index is 0.000000183. The van der Waals surface area contributed by atoms with Gasteiger partial charge in [-0.1, -0.05) is 103 Å². The highest BCUT2D eigenvalue weighted by molar-refractivity contribution is 6.31. The Morgan fingerprint density at radius 1 is 0.764 bits per heavy atom. The van der Waals surface area contributed by atoms with Gasteiger partial charge in [0, 0.05) is 23.1 Å². The van der Waals surface area contributed by atoms with Crippen LogP contribution in [-0.2, 0) is 9.59 Å². The number of methoxy groups -OCH3 is 1. The monoisotopic (exact) mass is 727 g/mol. The van der Waals surface area contributed by atoms with E-state index in [0.29, 0.717) is 51.0 Å². The molecule has 0 bridgehead atoms. The molecule has 2 aliphatic rings. The highest BCUT2D eigenvalue weighted by atomic mass is 16.5. The number of carbonyl (C=O) groups excluding carboxylic acids is 4. The van der Waals surface area contributed by atoms with E-state index >= 15 is 0 Å². The number of hydrogen-bond donors (Lipinski definition) is 4. The number of fused-ring (bicyclic) bond motifs is 2. The van der Waals surface area contributed by atoms with Gasteiger partial charge in [0.05, 0.1) is 29.5 Å². The van der Waals surface area contributed by atoms with Gasteiger partial charge in [0.1, 0.15) is 17.1 Å². The number of para-hydroxylation sites is 1. The van der Waals surface area contributed by atoms with Crippen molar-refractivity contribution in [3.05, 3.63) is 173 Å². The molecule has 5 N–H and O–H groups in total. The summed E-state index contributed by atoms with van der Waals surface area (Å²) in [6.07, 6.45) is 0.290. The van der Waals surface area contributed by atoms with Gasteiger partial charge in [-0.05, 0) is 58.5 Å². The third-order valence-corrected chi connectivity index (χ3v) is 9.06. The van der Waals surface area contributed by atoms with E-state index in [4.69, 9.17) is 10.5 Å². The SMILES string of the molecule is COc1ccc(C(=O)Nc2ccccc2)cc1N=Nc1c(O)c(C(N)=O)cc2ccccc12.O=C1CC(c2ccccc2)=C2C(=O)NC(c3ccccc3)=C12. The van der Waals surface area contributed by atoms with Crippen molar-refractivity contribution in [1.29, 1.82) is 0 Å². The zero-order valence-corrected chi connectivity index (χ0v) is 29.4. The quantitative estimate of drug-likeness (QED) is 0.115. The Labute approximate surface area is 315 Å². The maximum atomic E-state index is 12.7. The highest BCUT2D eigenvalue weighted by Crippen LogP contribution is 2.43. The second-order valence-corrected chi connectivity index (χ2v) is 12.5. The molecule has 1 aliphatic heterocycles. The summed E-state index contributed by atoms with van der Waals surface area (Å²) in [5.41, 5.74) is 11.0. The Morgan fingerprint density at radius 3 is 2.07 bits per heavy atom. The van der Waals surface area contributed by atoms with Crippen LogP contribution in [0.15, 0.2) is 161 Å². The van der Waals surface area contributed by atoms with Gasteiger partial charge in [-0.3, -0.25) is 19.2 Å². The van der Waals surface area contributed by atoms with Crippen LogP contribution in [0.3, 0.4) is 0 Å². The number of nitrogens with two attached hydrogens (primary N) is 1. The normalized spacial score (nSPS) is 13.4. The molecule has 3 amide bonds. The maximum Gasteiger partial charge on any atom is 0.256 e. The molecule has 55 heavy (non-hydrogen) atoms. The Kier molecular flexibility index (Phi) is 10.1. The molecular formula is C44H33N5O6. The molecule has 0 unspecified atom stereocenters. The van der Waals surface area contributed by atoms with E-state index in [2.05, 4.69) is 20.9 Å². The number of nitrogens with one attached hydrogen (secondary N) is 2. The van der Waals surface area contributed by atoms with Gasteiger partial charge in [-0.25, -0.2) is 0 Å². The number of nitrogens with zero attached hydrogens (tertiary/aromatic N) is 2. The largest absolute Gasteiger partial charge is 0.505 e. The summed E-state index contributed by atoms with van der Waals surface area (Å²) in [6, 6.07) is 41.5. The molecule has 6 aromatic rings. The van der Waals surface area contributed by atoms with Crippen LogP contribution in [0.2, 0.25) is 0 Å². The van der Waals surface area contributed by atoms with Crippen LogP contribution in [0.1, 0.15) is 38.3 Å². The van der Waals surface area contributed by atoms with Crippen LogP contribution in [0, 0.1) is 0 Å². The average molecular weight is 728 g/mol. The van der Waals surface area contributed by atoms with Gasteiger partial charge in [0.25, 0.3) is 17.7 Å². The summed E-state index contributed by atoms with van der Waals surface area (Å²) >= 11 is 0. The van der Waals surface area contributed by atoms with Crippen LogP contribution < -0.4 is 21.1 Å². The molecule has 0 spiro atoms. The number of amides is 3. The minimum Gasteiger partial charge on any atom is -0.505 e. The average Bonchev–Trinajstić information content (AvgIpc) is 3.75. The highest BCUT2D eigenvalue weighted by Gasteiger charge is 2.40. The molecule has 6 aromatic carbocycles. The Morgan fingerprint density at radius 2 is 1.40 bits per heavy atom. The molecule has 0 atom stereocenters. The van der Waals surface area contributed by atoms with E-state index in [-0.39, 0.29) is 40.3 Å². The lowest BCUT2D eigenvalue weighted by molar-refractivity contribution is -0.116. The minimum atomic E-state index is -0.785. The smallest absolute Gasteiger partial charge is 0.256 e. The number of hydrogen-bond acceptors (Lipinski definition) is 8. The number of aromatic hydroxyl groups is 1. The molecule has 0 fully saturated rings. The van der Waals surface area contributed by atoms with Gasteiger partial charge < -0.3 is 26.2 Å². The number of carbonyl (C=O) groups is 4. The van der Waals surface area contributed by atoms with Crippen molar-refractivity contribution >= 4 is 62.6 Å². The Hall–Kier alpha value is -7.66. The van der Waals surface area contributed by atoms with E-state index in [0.717, 1.165) is 16.7 Å². The molecular weight excluding hydrogens is 695 g/mol. The number of allylic oxidation sites excluding steroid dienone is 1. The van der Waals surface area contributed by atoms with E-state index in [9.17, 15) is 24.3 Å². The lowest BCUT2D eigenvalue weighted by Crippen LogP contribution is -2.16. The first-order valence-electron chi connectivity index (χ1n) is 17.2. The molecule has 0 saturated carbocycles. The van der Waals surface area contributed by atoms with Crippen molar-refractivity contribution in [3.8, 4) is 11.5 Å². The number of azo groups is 1. The zero-order chi connectivity index (χ0) is 38.5. The van der Waals surface area contributed by atoms with Crippen LogP contribution in [-0.4, -0.2) is 35.7 Å². The molecule has 11 heteroatoms. The van der Waals surface area contributed by atoms with Crippen molar-refractivity contribution in [1.82, 2.24) is 5.32 Å². The van der Waals surface area contributed by atoms with Crippen LogP contribution in [0.4, 0.5) is 17.1 Å². The standard InChI is InChI=1S/C25H20N4O4.C19H13NO2/c1-33-21-12-11-16(25(32)27-17-8-3-2-4-9-17)14-20(21)28-29-22-18-10-6-5-7-15(18)13-19(23(22)30)24(26)31;21-15-11-14(12-7-3-1-4-8-12)16-17(15)18(20-19(16)22)13-9-5-2-6-10-13/h2-14,30H,1H3,(H2,26,31)(H,27,32);1-10H,11H2,(H,20,22). The number of ketones is 1. The first-order chi connectivity index (χ1) is 26.7. The molecule has 0 aromatic heterocycles. The summed E-state index contributed by atoms with van der Waals surface area (Å²) in [7, 11) is 1.47. The number of ether oxygens (including phenoxy) is 1. The maximum absolute atomic E-state index is 12.7. The summed E-state index contributed by atoms with van der Waals surface area (Å²) in [5, 5.41) is 26.0. The topological polar surface area (TPSA) is 173 Å². The molecule has 0 radical (unpaired) electrons. The zero-order valence-electron chi connectivity index (χ0n) is 29.4. The molecule has 0 saturated heterocycles. The van der Waals surface area contributed by atoms with Gasteiger partial charge in [0.2, 0.25) is 0 Å². The van der Waals surface area contributed by atoms with Crippen LogP contribution >= 0.6 is 0 Å². The predicted molar refractivity (Wildman–Crippen MR) is 210 cm³/mol. The van der Waals surface area contributed by atoms with Gasteiger partial charge in [-0.15, -0.1) is 10.2 Å². The van der Waals surface area contributed by atoms with Crippen LogP contribution in [0.25, 0.3) is 22.0 Å². The van der Waals surface area contributed by atoms with E-state index in [1.807, 2.05) is 78.9 Å². The molecule has 270 valence electrons. The Bertz CT molecular complexity index is 2510. The summed E-state index contributed by atoms with van der Waals surface area (Å²) < 4.78 is 5.34. The van der Waals surface area contributed by atoms with E-state index in [1.165, 1.54) is 19.2 Å². The fourth-order valence-corrected chi connectivity index (χ4v) is 6.43. The van der Waals surface area contributed by atoms with Crippen molar-refractivity contribution in [3.63, 3.8) is 0 Å². The van der Waals surface area contributed by atoms with Gasteiger partial charge in [-0.2, -0.15) is 0 Å². The van der Waals surface area contributed by atoms with E-state index < -0.39 is 5.91 Å². The third-order valence-electron chi connectivity index (χ3n) is 9.06. The lowest BCUT2D eigenvalue weighted by atomic mass is 10.0. The molecule has 11 nitrogen and oxygen atoms in total. The predicted octanol–water partition coefficient (Wildman–Crippen LogP) is 8.27. The number of Topliss-reactive ketones (excluding diaryl/α,β-unsaturated/α-hetero) is 1. The number of anilines is 1. The van der Waals surface area contributed by atoms with Crippen molar-refractivity contribution in [2.24, 2.45) is 16.0 Å². The summed E-state index contributed by atoms with van der Waals surface area (Å²) in [6.45, 7) is 0. The number of phenols is 1. The van der Waals surface area contributed by atoms with Gasteiger partial charge in [0.15, 0.2) is 11.5 Å². The fourth-order valence-electron chi connectivity index (χ4n) is 6.43. The molecule has 1 aliphatic carbocycles. The number of benzene rings is 6. The summed E-state index contributed by atoms with van der Waals surface area (Å²) in [4.78, 5) is 49.3. The van der Waals surface area contributed by atoms with Gasteiger partial charge >= 0.3 is 0 Å². The first kappa shape index (κ1) is 35.7. The third kappa shape index (κ3) is 7.35. The second kappa shape index (κ2) is 15.5. The first-order valence-corrected chi connectivity index (χ1v) is 17.2. The molecule has 1 heterocycles. The number of primary amides is 1. The van der Waals surface area contributed by atoms with Crippen LogP contribution in [0.5, 0.6) is 11.5 Å². The second-order valence-electron chi connectivity index (χ2n) is 12.5. The van der Waals surface area contributed by atoms with Crippen molar-refractivity contribution in [2.75, 3.05) is 12.4 Å². The summed E-state index contributed by atoms with van der Waals surface area (Å²) in [5.74, 6) is -1.28. The number of rotatable bonds is 8. The fraction of sp³-hybridized carbons (Fsp3) is 0.0455. The minimum absolute atomic E-state index is 0.00561.